The first kappa shape index (κ1) is 26.8. The maximum Gasteiger partial charge on any atom is 0.0353 e. The highest BCUT2D eigenvalue weighted by Crippen LogP contribution is 2.51. The van der Waals surface area contributed by atoms with Gasteiger partial charge in [-0.15, -0.1) is 0 Å². The van der Waals surface area contributed by atoms with E-state index in [0.29, 0.717) is 0 Å². The summed E-state index contributed by atoms with van der Waals surface area (Å²) in [6.07, 6.45) is 0. The summed E-state index contributed by atoms with van der Waals surface area (Å²) in [6, 6.07) is 44.9. The minimum Gasteiger partial charge on any atom is -0.0575 e. The number of halogens is 4. The molecular weight excluding hydrogens is 776 g/mol. The van der Waals surface area contributed by atoms with Crippen LogP contribution in [0.3, 0.4) is 0 Å². The van der Waals surface area contributed by atoms with Crippen LogP contribution in [0.25, 0.3) is 33.4 Å². The average molecular weight is 798 g/mol. The van der Waals surface area contributed by atoms with E-state index in [4.69, 9.17) is 0 Å². The Labute approximate surface area is 279 Å². The first-order valence-electron chi connectivity index (χ1n) is 13.8. The third-order valence-electron chi connectivity index (χ3n) is 8.70. The molecule has 0 aliphatic heterocycles. The van der Waals surface area contributed by atoms with Crippen molar-refractivity contribution in [1.82, 2.24) is 0 Å². The van der Waals surface area contributed by atoms with E-state index in [1.54, 1.807) is 0 Å². The quantitative estimate of drug-likeness (QED) is 0.167. The fraction of sp³-hybridized carbons (Fsp3) is 0.0526. The number of rotatable bonds is 3. The van der Waals surface area contributed by atoms with Gasteiger partial charge in [-0.05, 0) is 115 Å². The highest BCUT2D eigenvalue weighted by Gasteiger charge is 2.31. The molecule has 0 atom stereocenters. The highest BCUT2D eigenvalue weighted by atomic mass is 79.9. The molecule has 2 aliphatic rings. The standard InChI is InChI=1S/C38H22Br4/c39-25-9-13-29-30-14-10-26(40)18-34(30)37(33(29)17-25)23-5-1-21(2-6-23)22-3-7-24(8-4-22)38-35-19-27(41)11-15-31(35)32-16-12-28(42)20-36(32)38/h1-20,37-38H. The molecule has 0 unspecified atom stereocenters. The van der Waals surface area contributed by atoms with Crippen LogP contribution in [-0.2, 0) is 0 Å². The Morgan fingerprint density at radius 1 is 0.310 bits per heavy atom. The van der Waals surface area contributed by atoms with Gasteiger partial charge >= 0.3 is 0 Å². The minimum atomic E-state index is 0.211. The monoisotopic (exact) mass is 794 g/mol. The molecule has 0 bridgehead atoms. The molecule has 0 fully saturated rings. The molecule has 0 saturated heterocycles. The second kappa shape index (κ2) is 10.4. The van der Waals surface area contributed by atoms with Crippen molar-refractivity contribution in [2.24, 2.45) is 0 Å². The molecule has 42 heavy (non-hydrogen) atoms. The first-order valence-corrected chi connectivity index (χ1v) is 17.0. The van der Waals surface area contributed by atoms with E-state index in [-0.39, 0.29) is 11.8 Å². The molecule has 0 heterocycles. The van der Waals surface area contributed by atoms with Crippen molar-refractivity contribution in [3.8, 4) is 33.4 Å². The molecule has 202 valence electrons. The van der Waals surface area contributed by atoms with E-state index in [2.05, 4.69) is 185 Å². The van der Waals surface area contributed by atoms with Crippen molar-refractivity contribution in [2.45, 2.75) is 11.8 Å². The van der Waals surface area contributed by atoms with Gasteiger partial charge in [-0.2, -0.15) is 0 Å². The Morgan fingerprint density at radius 3 is 0.833 bits per heavy atom. The van der Waals surface area contributed by atoms with Crippen LogP contribution in [0.15, 0.2) is 139 Å². The first-order chi connectivity index (χ1) is 20.4. The lowest BCUT2D eigenvalue weighted by Gasteiger charge is -2.17. The molecule has 0 N–H and O–H groups in total. The van der Waals surface area contributed by atoms with Crippen molar-refractivity contribution in [3.63, 3.8) is 0 Å². The van der Waals surface area contributed by atoms with Crippen LogP contribution in [0.4, 0.5) is 0 Å². The van der Waals surface area contributed by atoms with Crippen molar-refractivity contribution < 1.29 is 0 Å². The Hall–Kier alpha value is -2.76. The van der Waals surface area contributed by atoms with Gasteiger partial charge in [0.05, 0.1) is 0 Å². The molecule has 0 amide bonds. The highest BCUT2D eigenvalue weighted by molar-refractivity contribution is 9.11. The Kier molecular flexibility index (Phi) is 6.68. The summed E-state index contributed by atoms with van der Waals surface area (Å²) in [7, 11) is 0. The SMILES string of the molecule is Brc1ccc2c(c1)C(c1ccc(-c3ccc(C4c5cc(Br)ccc5-c5ccc(Br)cc54)cc3)cc1)c1cc(Br)ccc1-2. The zero-order valence-electron chi connectivity index (χ0n) is 22.2. The fourth-order valence-electron chi connectivity index (χ4n) is 6.86. The summed E-state index contributed by atoms with van der Waals surface area (Å²) in [4.78, 5) is 0. The number of hydrogen-bond donors (Lipinski definition) is 0. The molecular formula is C38H22Br4. The van der Waals surface area contributed by atoms with Gasteiger partial charge in [-0.1, -0.05) is 137 Å². The van der Waals surface area contributed by atoms with Crippen LogP contribution in [0.5, 0.6) is 0 Å². The maximum atomic E-state index is 3.71. The topological polar surface area (TPSA) is 0 Å². The smallest absolute Gasteiger partial charge is 0.0353 e. The maximum absolute atomic E-state index is 3.71. The van der Waals surface area contributed by atoms with Gasteiger partial charge in [0.2, 0.25) is 0 Å². The predicted molar refractivity (Wildman–Crippen MR) is 188 cm³/mol. The third kappa shape index (κ3) is 4.42. The number of benzene rings is 6. The number of hydrogen-bond acceptors (Lipinski definition) is 0. The van der Waals surface area contributed by atoms with Gasteiger partial charge in [0, 0.05) is 29.7 Å². The lowest BCUT2D eigenvalue weighted by Crippen LogP contribution is -2.00. The van der Waals surface area contributed by atoms with Crippen LogP contribution < -0.4 is 0 Å². The summed E-state index contributed by atoms with van der Waals surface area (Å²) >= 11 is 14.8. The molecule has 6 aromatic rings. The van der Waals surface area contributed by atoms with Gasteiger partial charge in [0.25, 0.3) is 0 Å². The van der Waals surface area contributed by atoms with Crippen molar-refractivity contribution >= 4 is 63.7 Å². The van der Waals surface area contributed by atoms with Crippen LogP contribution in [0, 0.1) is 0 Å². The summed E-state index contributed by atoms with van der Waals surface area (Å²) in [6.45, 7) is 0. The van der Waals surface area contributed by atoms with Crippen molar-refractivity contribution in [2.75, 3.05) is 0 Å². The third-order valence-corrected chi connectivity index (χ3v) is 10.7. The Morgan fingerprint density at radius 2 is 0.571 bits per heavy atom. The van der Waals surface area contributed by atoms with E-state index in [1.807, 2.05) is 0 Å². The van der Waals surface area contributed by atoms with Crippen molar-refractivity contribution in [1.29, 1.82) is 0 Å². The van der Waals surface area contributed by atoms with E-state index >= 15 is 0 Å². The largest absolute Gasteiger partial charge is 0.0575 e. The molecule has 0 aromatic heterocycles. The van der Waals surface area contributed by atoms with E-state index < -0.39 is 0 Å². The van der Waals surface area contributed by atoms with Gasteiger partial charge in [0.15, 0.2) is 0 Å². The summed E-state index contributed by atoms with van der Waals surface area (Å²) < 4.78 is 4.45. The summed E-state index contributed by atoms with van der Waals surface area (Å²) in [5, 5.41) is 0. The van der Waals surface area contributed by atoms with Crippen molar-refractivity contribution in [3.05, 3.63) is 173 Å². The lowest BCUT2D eigenvalue weighted by atomic mass is 9.87. The number of fused-ring (bicyclic) bond motifs is 6. The van der Waals surface area contributed by atoms with Crippen LogP contribution in [0.1, 0.15) is 45.2 Å². The Bertz CT molecular complexity index is 1770. The molecule has 8 rings (SSSR count). The van der Waals surface area contributed by atoms with Gasteiger partial charge in [0.1, 0.15) is 0 Å². The van der Waals surface area contributed by atoms with Gasteiger partial charge in [-0.25, -0.2) is 0 Å². The Balaban J connectivity index is 1.14. The molecule has 0 spiro atoms. The molecule has 0 nitrogen and oxygen atoms in total. The minimum absolute atomic E-state index is 0.211. The lowest BCUT2D eigenvalue weighted by molar-refractivity contribution is 1.01. The zero-order chi connectivity index (χ0) is 28.5. The second-order valence-electron chi connectivity index (χ2n) is 11.0. The van der Waals surface area contributed by atoms with Crippen LogP contribution >= 0.6 is 63.7 Å². The molecule has 2 aliphatic carbocycles. The van der Waals surface area contributed by atoms with Crippen LogP contribution in [-0.4, -0.2) is 0 Å². The summed E-state index contributed by atoms with van der Waals surface area (Å²) in [5.41, 5.74) is 15.8. The van der Waals surface area contributed by atoms with Gasteiger partial charge < -0.3 is 0 Å². The summed E-state index contributed by atoms with van der Waals surface area (Å²) in [5.74, 6) is 0.421. The molecule has 6 aromatic carbocycles. The van der Waals surface area contributed by atoms with Gasteiger partial charge in [-0.3, -0.25) is 0 Å². The average Bonchev–Trinajstić information content (AvgIpc) is 3.47. The predicted octanol–water partition coefficient (Wildman–Crippen LogP) is 12.7. The van der Waals surface area contributed by atoms with Crippen LogP contribution in [0.2, 0.25) is 0 Å². The molecule has 0 radical (unpaired) electrons. The fourth-order valence-corrected chi connectivity index (χ4v) is 8.38. The van der Waals surface area contributed by atoms with E-state index in [1.165, 1.54) is 66.8 Å². The zero-order valence-corrected chi connectivity index (χ0v) is 28.6. The van der Waals surface area contributed by atoms with E-state index in [0.717, 1.165) is 17.9 Å². The van der Waals surface area contributed by atoms with E-state index in [9.17, 15) is 0 Å². The normalized spacial score (nSPS) is 13.5. The molecule has 4 heteroatoms. The second-order valence-corrected chi connectivity index (χ2v) is 14.7. The molecule has 0 saturated carbocycles.